The summed E-state index contributed by atoms with van der Waals surface area (Å²) in [6.45, 7) is 8.26. The summed E-state index contributed by atoms with van der Waals surface area (Å²) in [5, 5.41) is 1.46. The van der Waals surface area contributed by atoms with Crippen molar-refractivity contribution >= 4 is 22.5 Å². The highest BCUT2D eigenvalue weighted by molar-refractivity contribution is 6.34. The third-order valence-electron chi connectivity index (χ3n) is 3.58. The number of hydrogen-bond donors (Lipinski definition) is 0. The maximum Gasteiger partial charge on any atom is 0.161 e. The molecule has 0 radical (unpaired) electrons. The minimum atomic E-state index is 0.520. The molecule has 21 heavy (non-hydrogen) atoms. The first-order chi connectivity index (χ1) is 9.94. The van der Waals surface area contributed by atoms with Crippen molar-refractivity contribution in [1.29, 1.82) is 0 Å². The molecule has 0 aliphatic heterocycles. The summed E-state index contributed by atoms with van der Waals surface area (Å²) in [6.07, 6.45) is 0. The molecule has 0 amide bonds. The molecule has 2 nitrogen and oxygen atoms in total. The lowest BCUT2D eigenvalue weighted by molar-refractivity contribution is 1.21. The molecule has 0 bridgehead atoms. The fourth-order valence-corrected chi connectivity index (χ4v) is 3.15. The molecule has 3 aromatic rings. The molecular formula is C18H17ClN2. The van der Waals surface area contributed by atoms with Gasteiger partial charge in [-0.25, -0.2) is 9.97 Å². The molecular weight excluding hydrogens is 280 g/mol. The molecule has 0 saturated carbocycles. The summed E-state index contributed by atoms with van der Waals surface area (Å²) in [5.41, 5.74) is 6.61. The van der Waals surface area contributed by atoms with E-state index in [2.05, 4.69) is 56.1 Å². The molecule has 0 N–H and O–H groups in total. The average molecular weight is 297 g/mol. The Morgan fingerprint density at radius 1 is 0.762 bits per heavy atom. The Bertz CT molecular complexity index is 833. The smallest absolute Gasteiger partial charge is 0.161 e. The second-order valence-electron chi connectivity index (χ2n) is 5.69. The zero-order chi connectivity index (χ0) is 15.1. The summed E-state index contributed by atoms with van der Waals surface area (Å²) in [7, 11) is 0. The van der Waals surface area contributed by atoms with Gasteiger partial charge in [0.25, 0.3) is 0 Å². The first-order valence-electron chi connectivity index (χ1n) is 6.97. The summed E-state index contributed by atoms with van der Waals surface area (Å²) in [5.74, 6) is 0.685. The molecule has 106 valence electrons. The molecule has 0 spiro atoms. The maximum absolute atomic E-state index is 6.40. The van der Waals surface area contributed by atoms with E-state index in [1.165, 1.54) is 16.7 Å². The quantitative estimate of drug-likeness (QED) is 0.578. The maximum atomic E-state index is 6.40. The molecule has 3 rings (SSSR count). The van der Waals surface area contributed by atoms with Gasteiger partial charge in [0.1, 0.15) is 5.15 Å². The van der Waals surface area contributed by atoms with Crippen molar-refractivity contribution in [1.82, 2.24) is 9.97 Å². The highest BCUT2D eigenvalue weighted by Crippen LogP contribution is 2.29. The van der Waals surface area contributed by atoms with E-state index in [1.54, 1.807) is 0 Å². The third kappa shape index (κ3) is 2.64. The minimum Gasteiger partial charge on any atom is -0.228 e. The largest absolute Gasteiger partial charge is 0.228 e. The molecule has 3 heteroatoms. The average Bonchev–Trinajstić information content (AvgIpc) is 2.35. The van der Waals surface area contributed by atoms with Crippen LogP contribution in [0.15, 0.2) is 30.3 Å². The highest BCUT2D eigenvalue weighted by Gasteiger charge is 2.11. The van der Waals surface area contributed by atoms with Crippen LogP contribution < -0.4 is 0 Å². The molecule has 0 fully saturated rings. The summed E-state index contributed by atoms with van der Waals surface area (Å²) in [4.78, 5) is 9.21. The zero-order valence-corrected chi connectivity index (χ0v) is 13.4. The van der Waals surface area contributed by atoms with Gasteiger partial charge >= 0.3 is 0 Å². The fraction of sp³-hybridized carbons (Fsp3) is 0.222. The van der Waals surface area contributed by atoms with Crippen LogP contribution in [0.5, 0.6) is 0 Å². The van der Waals surface area contributed by atoms with Crippen LogP contribution in [-0.2, 0) is 0 Å². The Morgan fingerprint density at radius 2 is 1.38 bits per heavy atom. The lowest BCUT2D eigenvalue weighted by Crippen LogP contribution is -1.95. The normalized spacial score (nSPS) is 11.1. The van der Waals surface area contributed by atoms with Gasteiger partial charge in [0, 0.05) is 10.9 Å². The third-order valence-corrected chi connectivity index (χ3v) is 3.85. The first kappa shape index (κ1) is 14.0. The van der Waals surface area contributed by atoms with Gasteiger partial charge in [-0.05, 0) is 57.0 Å². The van der Waals surface area contributed by atoms with Crippen LogP contribution >= 0.6 is 11.6 Å². The fourth-order valence-electron chi connectivity index (χ4n) is 2.82. The van der Waals surface area contributed by atoms with Crippen LogP contribution in [0.1, 0.15) is 22.3 Å². The number of aromatic nitrogens is 2. The van der Waals surface area contributed by atoms with E-state index in [9.17, 15) is 0 Å². The van der Waals surface area contributed by atoms with Crippen LogP contribution in [0.4, 0.5) is 0 Å². The Hall–Kier alpha value is -1.93. The first-order valence-corrected chi connectivity index (χ1v) is 7.35. The molecule has 0 atom stereocenters. The van der Waals surface area contributed by atoms with Crippen molar-refractivity contribution in [3.63, 3.8) is 0 Å². The topological polar surface area (TPSA) is 25.8 Å². The van der Waals surface area contributed by atoms with E-state index in [4.69, 9.17) is 16.6 Å². The molecule has 1 heterocycles. The number of hydrogen-bond acceptors (Lipinski definition) is 2. The van der Waals surface area contributed by atoms with E-state index in [1.807, 2.05) is 6.92 Å². The van der Waals surface area contributed by atoms with E-state index < -0.39 is 0 Å². The van der Waals surface area contributed by atoms with Crippen molar-refractivity contribution in [2.45, 2.75) is 27.7 Å². The van der Waals surface area contributed by atoms with Gasteiger partial charge in [0.15, 0.2) is 5.82 Å². The van der Waals surface area contributed by atoms with Gasteiger partial charge < -0.3 is 0 Å². The SMILES string of the molecule is Cc1cc(C)cc(-c2nc(Cl)c3c(C)cc(C)cc3n2)c1. The number of benzene rings is 2. The van der Waals surface area contributed by atoms with E-state index in [0.29, 0.717) is 11.0 Å². The minimum absolute atomic E-state index is 0.520. The number of aryl methyl sites for hydroxylation is 4. The summed E-state index contributed by atoms with van der Waals surface area (Å²) >= 11 is 6.40. The van der Waals surface area contributed by atoms with Gasteiger partial charge in [0.05, 0.1) is 5.52 Å². The van der Waals surface area contributed by atoms with Crippen LogP contribution in [0.3, 0.4) is 0 Å². The highest BCUT2D eigenvalue weighted by atomic mass is 35.5. The van der Waals surface area contributed by atoms with E-state index in [0.717, 1.165) is 22.0 Å². The van der Waals surface area contributed by atoms with Crippen LogP contribution in [-0.4, -0.2) is 9.97 Å². The predicted octanol–water partition coefficient (Wildman–Crippen LogP) is 5.18. The number of nitrogens with zero attached hydrogens (tertiary/aromatic N) is 2. The Balaban J connectivity index is 2.29. The van der Waals surface area contributed by atoms with Crippen LogP contribution in [0, 0.1) is 27.7 Å². The zero-order valence-electron chi connectivity index (χ0n) is 12.7. The lowest BCUT2D eigenvalue weighted by atomic mass is 10.1. The van der Waals surface area contributed by atoms with Crippen molar-refractivity contribution in [2.75, 3.05) is 0 Å². The summed E-state index contributed by atoms with van der Waals surface area (Å²) < 4.78 is 0. The van der Waals surface area contributed by atoms with Crippen molar-refractivity contribution in [3.05, 3.63) is 57.7 Å². The van der Waals surface area contributed by atoms with Gasteiger partial charge in [-0.2, -0.15) is 0 Å². The van der Waals surface area contributed by atoms with Crippen LogP contribution in [0.2, 0.25) is 5.15 Å². The molecule has 0 unspecified atom stereocenters. The summed E-state index contributed by atoms with van der Waals surface area (Å²) in [6, 6.07) is 10.5. The molecule has 0 aliphatic rings. The molecule has 2 aromatic carbocycles. The molecule has 0 saturated heterocycles. The Labute approximate surface area is 129 Å². The van der Waals surface area contributed by atoms with E-state index in [-0.39, 0.29) is 0 Å². The lowest BCUT2D eigenvalue weighted by Gasteiger charge is -2.09. The van der Waals surface area contributed by atoms with E-state index >= 15 is 0 Å². The predicted molar refractivity (Wildman–Crippen MR) is 88.9 cm³/mol. The monoisotopic (exact) mass is 296 g/mol. The number of halogens is 1. The standard InChI is InChI=1S/C18H17ClN2/c1-10-5-11(2)8-14(7-10)18-20-15-9-12(3)6-13(4)16(15)17(19)21-18/h5-9H,1-4H3. The van der Waals surface area contributed by atoms with Gasteiger partial charge in [-0.1, -0.05) is 34.9 Å². The van der Waals surface area contributed by atoms with Gasteiger partial charge in [0.2, 0.25) is 0 Å². The second-order valence-corrected chi connectivity index (χ2v) is 6.05. The van der Waals surface area contributed by atoms with Crippen molar-refractivity contribution in [2.24, 2.45) is 0 Å². The van der Waals surface area contributed by atoms with Crippen LogP contribution in [0.25, 0.3) is 22.3 Å². The van der Waals surface area contributed by atoms with Crippen molar-refractivity contribution in [3.8, 4) is 11.4 Å². The number of fused-ring (bicyclic) bond motifs is 1. The molecule has 1 aromatic heterocycles. The Kier molecular flexibility index (Phi) is 3.42. The second kappa shape index (κ2) is 5.12. The number of rotatable bonds is 1. The van der Waals surface area contributed by atoms with Gasteiger partial charge in [-0.15, -0.1) is 0 Å². The molecule has 0 aliphatic carbocycles. The van der Waals surface area contributed by atoms with Crippen molar-refractivity contribution < 1.29 is 0 Å². The van der Waals surface area contributed by atoms with Gasteiger partial charge in [-0.3, -0.25) is 0 Å². The Morgan fingerprint density at radius 3 is 2.05 bits per heavy atom.